The molecule has 7 nitrogen and oxygen atoms in total. The van der Waals surface area contributed by atoms with Gasteiger partial charge in [-0.25, -0.2) is 4.79 Å². The van der Waals surface area contributed by atoms with Gasteiger partial charge in [-0.3, -0.25) is 14.5 Å². The maximum absolute atomic E-state index is 12.9. The van der Waals surface area contributed by atoms with E-state index in [0.29, 0.717) is 17.8 Å². The molecular weight excluding hydrogens is 320 g/mol. The third kappa shape index (κ3) is 2.97. The highest BCUT2D eigenvalue weighted by Crippen LogP contribution is 2.36. The maximum atomic E-state index is 12.9. The van der Waals surface area contributed by atoms with Gasteiger partial charge in [0.15, 0.2) is 0 Å². The van der Waals surface area contributed by atoms with Crippen molar-refractivity contribution in [2.75, 3.05) is 26.7 Å². The zero-order chi connectivity index (χ0) is 18.1. The first-order valence-corrected chi connectivity index (χ1v) is 8.33. The van der Waals surface area contributed by atoms with Gasteiger partial charge >= 0.3 is 6.03 Å². The van der Waals surface area contributed by atoms with Crippen LogP contribution in [0.5, 0.6) is 0 Å². The number of benzene rings is 1. The van der Waals surface area contributed by atoms with Gasteiger partial charge in [0.1, 0.15) is 6.54 Å². The predicted molar refractivity (Wildman–Crippen MR) is 92.5 cm³/mol. The number of hydrogen-bond donors (Lipinski definition) is 2. The number of likely N-dealkylation sites (N-methyl/N-ethyl adjacent to an activating group) is 2. The standard InChI is InChI=1S/C18H22N4O3/c1-4-22-13-9-21(10-14(23)19-3)17(24)15(13)16(20-18(22)25)12-7-5-6-11(2)8-12/h5-8,16H,4,9-10H2,1-3H3,(H,19,23)(H,20,25). The largest absolute Gasteiger partial charge is 0.358 e. The summed E-state index contributed by atoms with van der Waals surface area (Å²) in [6.07, 6.45) is 0. The highest BCUT2D eigenvalue weighted by atomic mass is 16.2. The zero-order valence-electron chi connectivity index (χ0n) is 14.6. The summed E-state index contributed by atoms with van der Waals surface area (Å²) in [7, 11) is 1.54. The molecule has 0 fully saturated rings. The van der Waals surface area contributed by atoms with Gasteiger partial charge in [0.2, 0.25) is 5.91 Å². The molecule has 1 atom stereocenters. The van der Waals surface area contributed by atoms with Crippen LogP contribution in [0, 0.1) is 6.92 Å². The molecule has 0 aliphatic carbocycles. The van der Waals surface area contributed by atoms with Crippen molar-refractivity contribution in [1.82, 2.24) is 20.4 Å². The summed E-state index contributed by atoms with van der Waals surface area (Å²) in [5.41, 5.74) is 3.16. The molecule has 2 N–H and O–H groups in total. The van der Waals surface area contributed by atoms with Gasteiger partial charge in [-0.2, -0.15) is 0 Å². The summed E-state index contributed by atoms with van der Waals surface area (Å²) >= 11 is 0. The summed E-state index contributed by atoms with van der Waals surface area (Å²) in [5.74, 6) is -0.439. The lowest BCUT2D eigenvalue weighted by Crippen LogP contribution is -2.47. The van der Waals surface area contributed by atoms with Gasteiger partial charge in [-0.1, -0.05) is 29.8 Å². The second-order valence-corrected chi connectivity index (χ2v) is 6.24. The Balaban J connectivity index is 2.01. The van der Waals surface area contributed by atoms with Crippen LogP contribution in [0.2, 0.25) is 0 Å². The number of hydrogen-bond acceptors (Lipinski definition) is 3. The highest BCUT2D eigenvalue weighted by Gasteiger charge is 2.43. The van der Waals surface area contributed by atoms with Crippen molar-refractivity contribution in [2.45, 2.75) is 19.9 Å². The van der Waals surface area contributed by atoms with Gasteiger partial charge in [0.25, 0.3) is 5.91 Å². The Labute approximate surface area is 146 Å². The maximum Gasteiger partial charge on any atom is 0.322 e. The molecule has 132 valence electrons. The second kappa shape index (κ2) is 6.58. The van der Waals surface area contributed by atoms with Crippen LogP contribution in [0.4, 0.5) is 4.79 Å². The zero-order valence-corrected chi connectivity index (χ0v) is 14.6. The Hall–Kier alpha value is -2.83. The smallest absolute Gasteiger partial charge is 0.322 e. The molecule has 1 unspecified atom stereocenters. The van der Waals surface area contributed by atoms with E-state index in [9.17, 15) is 14.4 Å². The first-order chi connectivity index (χ1) is 12.0. The van der Waals surface area contributed by atoms with Gasteiger partial charge in [-0.05, 0) is 19.4 Å². The number of urea groups is 1. The van der Waals surface area contributed by atoms with E-state index >= 15 is 0 Å². The summed E-state index contributed by atoms with van der Waals surface area (Å²) in [5, 5.41) is 5.46. The van der Waals surface area contributed by atoms with E-state index in [2.05, 4.69) is 10.6 Å². The third-order valence-corrected chi connectivity index (χ3v) is 4.60. The summed E-state index contributed by atoms with van der Waals surface area (Å²) in [6, 6.07) is 7.03. The van der Waals surface area contributed by atoms with Crippen molar-refractivity contribution in [2.24, 2.45) is 0 Å². The Morgan fingerprint density at radius 3 is 2.76 bits per heavy atom. The van der Waals surface area contributed by atoms with Crippen LogP contribution in [0.3, 0.4) is 0 Å². The minimum absolute atomic E-state index is 0.0192. The van der Waals surface area contributed by atoms with Crippen molar-refractivity contribution in [3.05, 3.63) is 46.7 Å². The first kappa shape index (κ1) is 17.0. The molecule has 0 bridgehead atoms. The van der Waals surface area contributed by atoms with Crippen LogP contribution in [-0.4, -0.2) is 54.3 Å². The number of nitrogens with zero attached hydrogens (tertiary/aromatic N) is 2. The Kier molecular flexibility index (Phi) is 4.48. The molecule has 0 spiro atoms. The van der Waals surface area contributed by atoms with Crippen LogP contribution >= 0.6 is 0 Å². The average Bonchev–Trinajstić information content (AvgIpc) is 2.90. The fourth-order valence-electron chi connectivity index (χ4n) is 3.36. The van der Waals surface area contributed by atoms with E-state index < -0.39 is 6.04 Å². The molecule has 7 heteroatoms. The molecule has 0 saturated carbocycles. The van der Waals surface area contributed by atoms with Crippen LogP contribution in [0.25, 0.3) is 0 Å². The average molecular weight is 342 g/mol. The van der Waals surface area contributed by atoms with Gasteiger partial charge in [-0.15, -0.1) is 0 Å². The fraction of sp³-hybridized carbons (Fsp3) is 0.389. The summed E-state index contributed by atoms with van der Waals surface area (Å²) < 4.78 is 0. The number of carbonyl (C=O) groups is 3. The van der Waals surface area contributed by atoms with Gasteiger partial charge in [0.05, 0.1) is 23.9 Å². The van der Waals surface area contributed by atoms with Crippen molar-refractivity contribution >= 4 is 17.8 Å². The number of amides is 4. The molecule has 2 aliphatic heterocycles. The summed E-state index contributed by atoms with van der Waals surface area (Å²) in [4.78, 5) is 40.2. The Bertz CT molecular complexity index is 771. The van der Waals surface area contributed by atoms with Crippen molar-refractivity contribution in [1.29, 1.82) is 0 Å². The van der Waals surface area contributed by atoms with E-state index in [1.807, 2.05) is 38.1 Å². The molecule has 2 heterocycles. The first-order valence-electron chi connectivity index (χ1n) is 8.33. The van der Waals surface area contributed by atoms with Crippen molar-refractivity contribution < 1.29 is 14.4 Å². The number of rotatable bonds is 4. The molecule has 25 heavy (non-hydrogen) atoms. The van der Waals surface area contributed by atoms with Crippen LogP contribution in [-0.2, 0) is 9.59 Å². The minimum Gasteiger partial charge on any atom is -0.358 e. The molecule has 3 rings (SSSR count). The topological polar surface area (TPSA) is 81.8 Å². The van der Waals surface area contributed by atoms with E-state index in [1.165, 1.54) is 11.9 Å². The van der Waals surface area contributed by atoms with E-state index in [0.717, 1.165) is 11.1 Å². The predicted octanol–water partition coefficient (Wildman–Crippen LogP) is 0.924. The molecule has 2 aliphatic rings. The molecule has 0 saturated heterocycles. The lowest BCUT2D eigenvalue weighted by Gasteiger charge is -2.33. The summed E-state index contributed by atoms with van der Waals surface area (Å²) in [6.45, 7) is 4.55. The number of nitrogens with one attached hydrogen (secondary N) is 2. The van der Waals surface area contributed by atoms with E-state index in [-0.39, 0.29) is 30.9 Å². The van der Waals surface area contributed by atoms with Crippen molar-refractivity contribution in [3.8, 4) is 0 Å². The van der Waals surface area contributed by atoms with Crippen LogP contribution in [0.15, 0.2) is 35.5 Å². The lowest BCUT2D eigenvalue weighted by molar-refractivity contribution is -0.131. The molecule has 0 radical (unpaired) electrons. The quantitative estimate of drug-likeness (QED) is 0.854. The molecule has 1 aromatic carbocycles. The highest BCUT2D eigenvalue weighted by molar-refractivity contribution is 6.02. The molecule has 0 aromatic heterocycles. The fourth-order valence-corrected chi connectivity index (χ4v) is 3.36. The monoisotopic (exact) mass is 342 g/mol. The Morgan fingerprint density at radius 1 is 1.36 bits per heavy atom. The molecular formula is C18H22N4O3. The van der Waals surface area contributed by atoms with E-state index in [1.54, 1.807) is 4.90 Å². The van der Waals surface area contributed by atoms with Gasteiger partial charge in [0, 0.05) is 13.6 Å². The lowest BCUT2D eigenvalue weighted by atomic mass is 9.94. The number of aryl methyl sites for hydroxylation is 1. The normalized spacial score (nSPS) is 19.9. The van der Waals surface area contributed by atoms with Gasteiger partial charge < -0.3 is 15.5 Å². The van der Waals surface area contributed by atoms with Crippen LogP contribution < -0.4 is 10.6 Å². The molecule has 4 amide bonds. The Morgan fingerprint density at radius 2 is 2.12 bits per heavy atom. The van der Waals surface area contributed by atoms with Crippen LogP contribution in [0.1, 0.15) is 24.1 Å². The van der Waals surface area contributed by atoms with Crippen molar-refractivity contribution in [3.63, 3.8) is 0 Å². The third-order valence-electron chi connectivity index (χ3n) is 4.60. The molecule has 1 aromatic rings. The SMILES string of the molecule is CCN1C(=O)NC(c2cccc(C)c2)C2=C1CN(CC(=O)NC)C2=O. The minimum atomic E-state index is -0.493. The number of carbonyl (C=O) groups excluding carboxylic acids is 3. The second-order valence-electron chi connectivity index (χ2n) is 6.24. The van der Waals surface area contributed by atoms with E-state index in [4.69, 9.17) is 0 Å².